The van der Waals surface area contributed by atoms with E-state index in [0.29, 0.717) is 30.2 Å². The van der Waals surface area contributed by atoms with Crippen molar-refractivity contribution in [2.24, 2.45) is 4.99 Å². The van der Waals surface area contributed by atoms with Crippen molar-refractivity contribution < 1.29 is 23.8 Å². The Bertz CT molecular complexity index is 1520. The number of hydrogen-bond donors (Lipinski definition) is 2. The molecule has 4 aromatic carbocycles. The lowest BCUT2D eigenvalue weighted by atomic mass is 9.83. The first-order valence-electron chi connectivity index (χ1n) is 14.4. The smallest absolute Gasteiger partial charge is 0.252 e. The number of hydrogen-bond acceptors (Lipinski definition) is 5. The minimum Gasteiger partial charge on any atom is -0.494 e. The van der Waals surface area contributed by atoms with Crippen molar-refractivity contribution in [1.82, 2.24) is 5.32 Å². The molecule has 0 radical (unpaired) electrons. The normalized spacial score (nSPS) is 17.8. The van der Waals surface area contributed by atoms with E-state index in [-0.39, 0.29) is 19.6 Å². The molecule has 0 aliphatic carbocycles. The van der Waals surface area contributed by atoms with E-state index >= 15 is 0 Å². The summed E-state index contributed by atoms with van der Waals surface area (Å²) in [5.74, 6) is 0.572. The van der Waals surface area contributed by atoms with Crippen molar-refractivity contribution >= 4 is 17.9 Å². The second kappa shape index (κ2) is 14.4. The molecule has 1 heterocycles. The number of amides is 1. The van der Waals surface area contributed by atoms with E-state index in [1.807, 2.05) is 109 Å². The molecule has 4 aromatic rings. The van der Waals surface area contributed by atoms with Gasteiger partial charge in [-0.05, 0) is 46.5 Å². The molecule has 2 atom stereocenters. The van der Waals surface area contributed by atoms with Crippen LogP contribution < -0.4 is 10.1 Å². The van der Waals surface area contributed by atoms with Crippen molar-refractivity contribution in [2.45, 2.75) is 24.5 Å². The van der Waals surface area contributed by atoms with Crippen LogP contribution in [0.1, 0.15) is 35.6 Å². The lowest BCUT2D eigenvalue weighted by Crippen LogP contribution is -2.48. The summed E-state index contributed by atoms with van der Waals surface area (Å²) in [6, 6.07) is 35.1. The van der Waals surface area contributed by atoms with Crippen molar-refractivity contribution in [2.75, 3.05) is 26.4 Å². The van der Waals surface area contributed by atoms with Gasteiger partial charge in [-0.3, -0.25) is 4.79 Å². The second-order valence-corrected chi connectivity index (χ2v) is 10.2. The van der Waals surface area contributed by atoms with Crippen LogP contribution >= 0.6 is 0 Å². The van der Waals surface area contributed by atoms with Crippen LogP contribution in [0, 0.1) is 0 Å². The van der Waals surface area contributed by atoms with Crippen LogP contribution in [-0.4, -0.2) is 48.9 Å². The first-order valence-corrected chi connectivity index (χ1v) is 14.4. The Labute approximate surface area is 251 Å². The second-order valence-electron chi connectivity index (χ2n) is 10.2. The van der Waals surface area contributed by atoms with Gasteiger partial charge in [0.05, 0.1) is 6.61 Å². The minimum absolute atomic E-state index is 0.0573. The zero-order valence-electron chi connectivity index (χ0n) is 23.9. The molecule has 5 rings (SSSR count). The number of halogens is 1. The number of benzene rings is 4. The monoisotopic (exact) mass is 578 g/mol. The Kier molecular flexibility index (Phi) is 9.97. The number of ether oxygens (including phenoxy) is 2. The summed E-state index contributed by atoms with van der Waals surface area (Å²) >= 11 is 0. The van der Waals surface area contributed by atoms with Crippen LogP contribution in [0.3, 0.4) is 0 Å². The SMILES string of the molecule is O=C(NCCF)[C@]1(C/C=C/c2ccccc2)N=C(c2ccc(OCCCO)cc2)O[C@@H]1c1ccc(-c2ccccc2)cc1. The van der Waals surface area contributed by atoms with Gasteiger partial charge in [-0.15, -0.1) is 0 Å². The Morgan fingerprint density at radius 3 is 2.23 bits per heavy atom. The van der Waals surface area contributed by atoms with E-state index in [9.17, 15) is 9.18 Å². The van der Waals surface area contributed by atoms with Crippen LogP contribution in [-0.2, 0) is 9.53 Å². The maximum absolute atomic E-state index is 13.9. The molecule has 1 aliphatic rings. The van der Waals surface area contributed by atoms with E-state index in [4.69, 9.17) is 19.6 Å². The lowest BCUT2D eigenvalue weighted by Gasteiger charge is -2.29. The summed E-state index contributed by atoms with van der Waals surface area (Å²) in [5, 5.41) is 11.8. The number of rotatable bonds is 13. The average molecular weight is 579 g/mol. The molecule has 43 heavy (non-hydrogen) atoms. The van der Waals surface area contributed by atoms with Gasteiger partial charge in [0, 0.05) is 31.6 Å². The highest BCUT2D eigenvalue weighted by atomic mass is 19.1. The highest BCUT2D eigenvalue weighted by Crippen LogP contribution is 2.43. The first-order chi connectivity index (χ1) is 21.1. The molecule has 7 heteroatoms. The average Bonchev–Trinajstić information content (AvgIpc) is 3.46. The van der Waals surface area contributed by atoms with Gasteiger partial charge in [0.15, 0.2) is 11.6 Å². The van der Waals surface area contributed by atoms with Gasteiger partial charge in [0.2, 0.25) is 5.90 Å². The number of aliphatic hydroxyl groups is 1. The number of nitrogens with one attached hydrogen (secondary N) is 1. The van der Waals surface area contributed by atoms with Crippen molar-refractivity contribution in [3.63, 3.8) is 0 Å². The number of aliphatic hydroxyl groups excluding tert-OH is 1. The van der Waals surface area contributed by atoms with Gasteiger partial charge in [0.1, 0.15) is 12.4 Å². The summed E-state index contributed by atoms with van der Waals surface area (Å²) < 4.78 is 25.4. The zero-order valence-corrected chi connectivity index (χ0v) is 23.9. The molecular weight excluding hydrogens is 543 g/mol. The highest BCUT2D eigenvalue weighted by molar-refractivity contribution is 6.01. The van der Waals surface area contributed by atoms with Gasteiger partial charge in [-0.25, -0.2) is 9.38 Å². The number of carbonyl (C=O) groups is 1. The van der Waals surface area contributed by atoms with E-state index in [0.717, 1.165) is 22.3 Å². The molecule has 0 bridgehead atoms. The van der Waals surface area contributed by atoms with E-state index < -0.39 is 24.2 Å². The maximum Gasteiger partial charge on any atom is 0.252 e. The molecule has 0 saturated carbocycles. The van der Waals surface area contributed by atoms with Gasteiger partial charge in [-0.1, -0.05) is 97.1 Å². The van der Waals surface area contributed by atoms with Gasteiger partial charge >= 0.3 is 0 Å². The third kappa shape index (κ3) is 7.19. The molecule has 0 aromatic heterocycles. The molecule has 0 saturated heterocycles. The maximum atomic E-state index is 13.9. The third-order valence-electron chi connectivity index (χ3n) is 7.27. The quantitative estimate of drug-likeness (QED) is 0.176. The number of aliphatic imine (C=N–C) groups is 1. The fraction of sp³-hybridized carbons (Fsp3) is 0.222. The van der Waals surface area contributed by atoms with Crippen LogP contribution in [0.15, 0.2) is 120 Å². The first kappa shape index (κ1) is 29.7. The van der Waals surface area contributed by atoms with E-state index in [2.05, 4.69) is 5.32 Å². The summed E-state index contributed by atoms with van der Waals surface area (Å²) in [5.41, 5.74) is 3.21. The summed E-state index contributed by atoms with van der Waals surface area (Å²) in [7, 11) is 0. The van der Waals surface area contributed by atoms with Crippen LogP contribution in [0.4, 0.5) is 4.39 Å². The fourth-order valence-corrected chi connectivity index (χ4v) is 5.05. The Balaban J connectivity index is 1.52. The molecule has 2 N–H and O–H groups in total. The standard InChI is InChI=1S/C36H35FN2O4/c37-23-24-38-35(41)36(22-7-11-27-9-3-1-4-10-27)33(30-16-14-29(15-17-30)28-12-5-2-6-13-28)43-34(39-36)31-18-20-32(21-19-31)42-26-8-25-40/h1-7,9-21,33,40H,8,22-26H2,(H,38,41)/b11-7+/t33-,36-/m1/s1. The Morgan fingerprint density at radius 2 is 1.56 bits per heavy atom. The van der Waals surface area contributed by atoms with Crippen LogP contribution in [0.5, 0.6) is 5.75 Å². The summed E-state index contributed by atoms with van der Waals surface area (Å²) in [6.07, 6.45) is 3.88. The van der Waals surface area contributed by atoms with E-state index in [1.165, 1.54) is 0 Å². The Hall–Kier alpha value is -4.75. The highest BCUT2D eigenvalue weighted by Gasteiger charge is 2.52. The topological polar surface area (TPSA) is 80.2 Å². The summed E-state index contributed by atoms with van der Waals surface area (Å²) in [4.78, 5) is 18.8. The lowest BCUT2D eigenvalue weighted by molar-refractivity contribution is -0.128. The van der Waals surface area contributed by atoms with Crippen molar-refractivity contribution in [1.29, 1.82) is 0 Å². The van der Waals surface area contributed by atoms with Crippen LogP contribution in [0.25, 0.3) is 17.2 Å². The molecule has 6 nitrogen and oxygen atoms in total. The molecule has 0 fully saturated rings. The molecule has 1 amide bonds. The van der Waals surface area contributed by atoms with Crippen LogP contribution in [0.2, 0.25) is 0 Å². The number of nitrogens with zero attached hydrogens (tertiary/aromatic N) is 1. The minimum atomic E-state index is -1.37. The van der Waals surface area contributed by atoms with Gasteiger partial charge in [0.25, 0.3) is 5.91 Å². The van der Waals surface area contributed by atoms with Crippen molar-refractivity contribution in [3.8, 4) is 16.9 Å². The molecule has 0 unspecified atom stereocenters. The summed E-state index contributed by atoms with van der Waals surface area (Å²) in [6.45, 7) is -0.345. The largest absolute Gasteiger partial charge is 0.494 e. The predicted octanol–water partition coefficient (Wildman–Crippen LogP) is 6.56. The fourth-order valence-electron chi connectivity index (χ4n) is 5.05. The molecule has 1 aliphatic heterocycles. The molecular formula is C36H35FN2O4. The van der Waals surface area contributed by atoms with Gasteiger partial charge < -0.3 is 19.9 Å². The molecule has 0 spiro atoms. The predicted molar refractivity (Wildman–Crippen MR) is 168 cm³/mol. The van der Waals surface area contributed by atoms with E-state index in [1.54, 1.807) is 12.1 Å². The van der Waals surface area contributed by atoms with Crippen molar-refractivity contribution in [3.05, 3.63) is 132 Å². The number of alkyl halides is 1. The molecule has 220 valence electrons. The third-order valence-corrected chi connectivity index (χ3v) is 7.27. The Morgan fingerprint density at radius 1 is 0.907 bits per heavy atom. The zero-order chi connectivity index (χ0) is 29.9. The van der Waals surface area contributed by atoms with Gasteiger partial charge in [-0.2, -0.15) is 0 Å². The number of carbonyl (C=O) groups excluding carboxylic acids is 1.